The molecule has 2 aliphatic rings. The van der Waals surface area contributed by atoms with Gasteiger partial charge in [0.15, 0.2) is 5.69 Å². The average molecular weight is 512 g/mol. The van der Waals surface area contributed by atoms with Crippen molar-refractivity contribution in [3.63, 3.8) is 0 Å². The fourth-order valence-electron chi connectivity index (χ4n) is 4.38. The number of aliphatic hydroxyl groups is 1. The summed E-state index contributed by atoms with van der Waals surface area (Å²) in [5.41, 5.74) is -0.332. The van der Waals surface area contributed by atoms with Crippen molar-refractivity contribution in [2.45, 2.75) is 25.4 Å². The predicted molar refractivity (Wildman–Crippen MR) is 124 cm³/mol. The minimum atomic E-state index is -4.44. The second-order valence-electron chi connectivity index (χ2n) is 9.15. The number of morpholine rings is 1. The molecule has 0 aliphatic carbocycles. The van der Waals surface area contributed by atoms with Gasteiger partial charge in [0.2, 0.25) is 5.89 Å². The van der Waals surface area contributed by atoms with Crippen LogP contribution in [-0.4, -0.2) is 102 Å². The van der Waals surface area contributed by atoms with Crippen LogP contribution < -0.4 is 5.32 Å². The van der Waals surface area contributed by atoms with Gasteiger partial charge in [-0.25, -0.2) is 4.98 Å². The fourth-order valence-corrected chi connectivity index (χ4v) is 4.38. The summed E-state index contributed by atoms with van der Waals surface area (Å²) in [6.07, 6.45) is -3.58. The molecule has 1 amide bonds. The summed E-state index contributed by atoms with van der Waals surface area (Å²) in [6.45, 7) is 7.99. The van der Waals surface area contributed by atoms with Crippen molar-refractivity contribution in [1.82, 2.24) is 25.0 Å². The van der Waals surface area contributed by atoms with Crippen molar-refractivity contribution in [3.8, 4) is 0 Å². The van der Waals surface area contributed by atoms with E-state index in [0.29, 0.717) is 44.3 Å². The van der Waals surface area contributed by atoms with Crippen LogP contribution in [0.1, 0.15) is 27.5 Å². The third kappa shape index (κ3) is 7.74. The normalized spacial score (nSPS) is 19.3. The molecule has 2 aromatic rings. The third-order valence-electron chi connectivity index (χ3n) is 6.36. The first-order valence-corrected chi connectivity index (χ1v) is 12.1. The van der Waals surface area contributed by atoms with E-state index in [0.717, 1.165) is 51.4 Å². The molecule has 4 rings (SSSR count). The fraction of sp³-hybridized carbons (Fsp3) is 0.583. The Kier molecular flexibility index (Phi) is 8.96. The second kappa shape index (κ2) is 12.2. The maximum absolute atomic E-state index is 12.9. The van der Waals surface area contributed by atoms with E-state index in [9.17, 15) is 23.1 Å². The molecule has 198 valence electrons. The Morgan fingerprint density at radius 2 is 1.72 bits per heavy atom. The lowest BCUT2D eigenvalue weighted by Gasteiger charge is -2.36. The van der Waals surface area contributed by atoms with Crippen molar-refractivity contribution < 1.29 is 32.2 Å². The molecule has 2 N–H and O–H groups in total. The SMILES string of the molecule is O=C(NCc1cccc(C(F)(F)F)c1)c1coc(CN2CCN(C[C@H](O)CN3CCOCC3)CC2)n1. The number of amides is 1. The van der Waals surface area contributed by atoms with E-state index in [1.807, 2.05) is 0 Å². The Hall–Kier alpha value is -2.51. The number of alkyl halides is 3. The molecule has 0 unspecified atom stereocenters. The molecular weight excluding hydrogens is 479 g/mol. The van der Waals surface area contributed by atoms with E-state index < -0.39 is 23.8 Å². The molecule has 2 aliphatic heterocycles. The highest BCUT2D eigenvalue weighted by atomic mass is 19.4. The number of aliphatic hydroxyl groups excluding tert-OH is 1. The average Bonchev–Trinajstić information content (AvgIpc) is 3.32. The van der Waals surface area contributed by atoms with Crippen molar-refractivity contribution in [1.29, 1.82) is 0 Å². The van der Waals surface area contributed by atoms with Crippen molar-refractivity contribution >= 4 is 5.91 Å². The Balaban J connectivity index is 1.18. The van der Waals surface area contributed by atoms with E-state index in [4.69, 9.17) is 9.15 Å². The van der Waals surface area contributed by atoms with Gasteiger partial charge in [-0.1, -0.05) is 12.1 Å². The van der Waals surface area contributed by atoms with E-state index >= 15 is 0 Å². The highest BCUT2D eigenvalue weighted by molar-refractivity contribution is 5.91. The molecule has 1 aromatic heterocycles. The number of β-amino-alcohol motifs (C(OH)–C–C–N with tert-alkyl or cyclic N) is 1. The number of piperazine rings is 1. The first-order chi connectivity index (χ1) is 17.3. The summed E-state index contributed by atoms with van der Waals surface area (Å²) < 4.78 is 49.4. The number of aromatic nitrogens is 1. The molecule has 2 fully saturated rings. The standard InChI is InChI=1S/C24H32F3N5O4/c25-24(26,27)19-3-1-2-18(12-19)13-28-23(34)21-17-36-22(29-21)16-31-6-4-30(5-7-31)14-20(33)15-32-8-10-35-11-9-32/h1-3,12,17,20,33H,4-11,13-16H2,(H,28,34)/t20-/m0/s1. The summed E-state index contributed by atoms with van der Waals surface area (Å²) in [6, 6.07) is 4.83. The summed E-state index contributed by atoms with van der Waals surface area (Å²) in [7, 11) is 0. The summed E-state index contributed by atoms with van der Waals surface area (Å²) in [5.74, 6) is -0.110. The zero-order valence-corrected chi connectivity index (χ0v) is 20.0. The summed E-state index contributed by atoms with van der Waals surface area (Å²) >= 11 is 0. The monoisotopic (exact) mass is 511 g/mol. The number of rotatable bonds is 9. The van der Waals surface area contributed by atoms with Gasteiger partial charge in [0, 0.05) is 58.9 Å². The lowest BCUT2D eigenvalue weighted by molar-refractivity contribution is -0.137. The highest BCUT2D eigenvalue weighted by Gasteiger charge is 2.30. The van der Waals surface area contributed by atoms with Crippen molar-refractivity contribution in [3.05, 3.63) is 53.2 Å². The van der Waals surface area contributed by atoms with Crippen molar-refractivity contribution in [2.24, 2.45) is 0 Å². The lowest BCUT2D eigenvalue weighted by atomic mass is 10.1. The van der Waals surface area contributed by atoms with E-state index in [-0.39, 0.29) is 12.2 Å². The maximum Gasteiger partial charge on any atom is 0.416 e. The number of benzene rings is 1. The molecule has 0 saturated carbocycles. The number of ether oxygens (including phenoxy) is 1. The highest BCUT2D eigenvalue weighted by Crippen LogP contribution is 2.29. The van der Waals surface area contributed by atoms with Gasteiger partial charge >= 0.3 is 6.18 Å². The van der Waals surface area contributed by atoms with Gasteiger partial charge in [0.25, 0.3) is 5.91 Å². The lowest BCUT2D eigenvalue weighted by Crippen LogP contribution is -2.50. The third-order valence-corrected chi connectivity index (χ3v) is 6.36. The number of hydrogen-bond acceptors (Lipinski definition) is 8. The first kappa shape index (κ1) is 26.6. The molecule has 0 spiro atoms. The molecule has 0 radical (unpaired) electrons. The van der Waals surface area contributed by atoms with E-state index in [1.165, 1.54) is 18.4 Å². The van der Waals surface area contributed by atoms with Gasteiger partial charge in [0.1, 0.15) is 6.26 Å². The molecule has 0 bridgehead atoms. The molecule has 9 nitrogen and oxygen atoms in total. The van der Waals surface area contributed by atoms with Crippen LogP contribution in [-0.2, 0) is 24.0 Å². The van der Waals surface area contributed by atoms with Crippen molar-refractivity contribution in [2.75, 3.05) is 65.6 Å². The molecule has 36 heavy (non-hydrogen) atoms. The predicted octanol–water partition coefficient (Wildman–Crippen LogP) is 1.43. The van der Waals surface area contributed by atoms with Gasteiger partial charge in [-0.2, -0.15) is 13.2 Å². The number of halogens is 3. The van der Waals surface area contributed by atoms with Crippen LogP contribution in [0.15, 0.2) is 34.9 Å². The maximum atomic E-state index is 12.9. The number of carbonyl (C=O) groups excluding carboxylic acids is 1. The largest absolute Gasteiger partial charge is 0.447 e. The number of nitrogens with one attached hydrogen (secondary N) is 1. The van der Waals surface area contributed by atoms with Gasteiger partial charge in [-0.05, 0) is 17.7 Å². The van der Waals surface area contributed by atoms with Crippen LogP contribution in [0.4, 0.5) is 13.2 Å². The first-order valence-electron chi connectivity index (χ1n) is 12.1. The minimum absolute atomic E-state index is 0.0513. The molecule has 12 heteroatoms. The van der Waals surface area contributed by atoms with Gasteiger partial charge in [-0.15, -0.1) is 0 Å². The van der Waals surface area contributed by atoms with Crippen LogP contribution in [0.3, 0.4) is 0 Å². The zero-order chi connectivity index (χ0) is 25.5. The minimum Gasteiger partial charge on any atom is -0.447 e. The Labute approximate surface area is 207 Å². The van der Waals surface area contributed by atoms with Gasteiger partial charge in [-0.3, -0.25) is 19.5 Å². The number of nitrogens with zero attached hydrogens (tertiary/aromatic N) is 4. The van der Waals surface area contributed by atoms with Crippen LogP contribution in [0, 0.1) is 0 Å². The van der Waals surface area contributed by atoms with Gasteiger partial charge in [0.05, 0.1) is 31.4 Å². The number of oxazole rings is 1. The topological polar surface area (TPSA) is 94.3 Å². The van der Waals surface area contributed by atoms with Crippen LogP contribution in [0.5, 0.6) is 0 Å². The molecular formula is C24H32F3N5O4. The quantitative estimate of drug-likeness (QED) is 0.523. The molecule has 1 atom stereocenters. The Morgan fingerprint density at radius 1 is 1.06 bits per heavy atom. The summed E-state index contributed by atoms with van der Waals surface area (Å²) in [5, 5.41) is 13.0. The van der Waals surface area contributed by atoms with Crippen LogP contribution >= 0.6 is 0 Å². The molecule has 2 saturated heterocycles. The number of hydrogen-bond donors (Lipinski definition) is 2. The van der Waals surface area contributed by atoms with E-state index in [1.54, 1.807) is 0 Å². The summed E-state index contributed by atoms with van der Waals surface area (Å²) in [4.78, 5) is 23.2. The van der Waals surface area contributed by atoms with Gasteiger partial charge < -0.3 is 19.6 Å². The second-order valence-corrected chi connectivity index (χ2v) is 9.15. The molecule has 1 aromatic carbocycles. The Bertz CT molecular complexity index is 988. The number of carbonyl (C=O) groups is 1. The van der Waals surface area contributed by atoms with E-state index in [2.05, 4.69) is 25.0 Å². The Morgan fingerprint density at radius 3 is 2.42 bits per heavy atom. The van der Waals surface area contributed by atoms with Crippen LogP contribution in [0.2, 0.25) is 0 Å². The zero-order valence-electron chi connectivity index (χ0n) is 20.0. The van der Waals surface area contributed by atoms with Crippen LogP contribution in [0.25, 0.3) is 0 Å². The smallest absolute Gasteiger partial charge is 0.416 e. The molecule has 3 heterocycles.